The van der Waals surface area contributed by atoms with E-state index in [4.69, 9.17) is 16.3 Å². The molecule has 1 atom stereocenters. The van der Waals surface area contributed by atoms with E-state index in [9.17, 15) is 4.79 Å². The molecular formula is C15H22ClNO2. The number of rotatable bonds is 8. The monoisotopic (exact) mass is 283 g/mol. The zero-order valence-electron chi connectivity index (χ0n) is 11.6. The summed E-state index contributed by atoms with van der Waals surface area (Å²) in [4.78, 5) is 11.7. The summed E-state index contributed by atoms with van der Waals surface area (Å²) in [5.41, 5.74) is 2.42. The number of amides is 1. The molecule has 0 fully saturated rings. The highest BCUT2D eigenvalue weighted by Crippen LogP contribution is 2.06. The van der Waals surface area contributed by atoms with Crippen molar-refractivity contribution in [2.75, 3.05) is 20.3 Å². The molecule has 0 aliphatic carbocycles. The van der Waals surface area contributed by atoms with E-state index in [2.05, 4.69) is 24.4 Å². The average molecular weight is 284 g/mol. The van der Waals surface area contributed by atoms with E-state index >= 15 is 0 Å². The Labute approximate surface area is 120 Å². The SMILES string of the molecule is COCC(Cl)CCNC(=O)CCc1cccc(C)c1. The molecule has 4 heteroatoms. The lowest BCUT2D eigenvalue weighted by Gasteiger charge is -2.09. The molecule has 0 spiro atoms. The highest BCUT2D eigenvalue weighted by Gasteiger charge is 2.06. The van der Waals surface area contributed by atoms with E-state index < -0.39 is 0 Å². The van der Waals surface area contributed by atoms with Gasteiger partial charge < -0.3 is 10.1 Å². The van der Waals surface area contributed by atoms with Crippen LogP contribution in [0.25, 0.3) is 0 Å². The molecular weight excluding hydrogens is 262 g/mol. The lowest BCUT2D eigenvalue weighted by atomic mass is 10.1. The Kier molecular flexibility index (Phi) is 7.53. The Bertz CT molecular complexity index is 395. The predicted octanol–water partition coefficient (Wildman–Crippen LogP) is 2.69. The Morgan fingerprint density at radius 2 is 2.26 bits per heavy atom. The fraction of sp³-hybridized carbons (Fsp3) is 0.533. The number of methoxy groups -OCH3 is 1. The second kappa shape index (κ2) is 8.94. The normalized spacial score (nSPS) is 12.2. The van der Waals surface area contributed by atoms with Crippen LogP contribution in [0.15, 0.2) is 24.3 Å². The van der Waals surface area contributed by atoms with Gasteiger partial charge in [-0.25, -0.2) is 0 Å². The molecule has 0 heterocycles. The largest absolute Gasteiger partial charge is 0.383 e. The Balaban J connectivity index is 2.18. The number of carbonyl (C=O) groups excluding carboxylic acids is 1. The maximum Gasteiger partial charge on any atom is 0.220 e. The average Bonchev–Trinajstić information content (AvgIpc) is 2.37. The van der Waals surface area contributed by atoms with Gasteiger partial charge in [0.25, 0.3) is 0 Å². The van der Waals surface area contributed by atoms with Crippen molar-refractivity contribution in [1.29, 1.82) is 0 Å². The van der Waals surface area contributed by atoms with Crippen molar-refractivity contribution in [3.05, 3.63) is 35.4 Å². The molecule has 0 aliphatic rings. The third-order valence-corrected chi connectivity index (χ3v) is 3.19. The number of alkyl halides is 1. The van der Waals surface area contributed by atoms with Crippen LogP contribution in [0, 0.1) is 6.92 Å². The van der Waals surface area contributed by atoms with Crippen molar-refractivity contribution >= 4 is 17.5 Å². The maximum atomic E-state index is 11.7. The van der Waals surface area contributed by atoms with Gasteiger partial charge in [0.15, 0.2) is 0 Å². The highest BCUT2D eigenvalue weighted by atomic mass is 35.5. The topological polar surface area (TPSA) is 38.3 Å². The first-order chi connectivity index (χ1) is 9.11. The smallest absolute Gasteiger partial charge is 0.220 e. The molecule has 1 N–H and O–H groups in total. The molecule has 1 rings (SSSR count). The summed E-state index contributed by atoms with van der Waals surface area (Å²) in [6, 6.07) is 8.24. The van der Waals surface area contributed by atoms with Crippen molar-refractivity contribution < 1.29 is 9.53 Å². The summed E-state index contributed by atoms with van der Waals surface area (Å²) < 4.78 is 4.93. The number of halogens is 1. The molecule has 1 aromatic carbocycles. The van der Waals surface area contributed by atoms with Gasteiger partial charge in [-0.3, -0.25) is 4.79 Å². The van der Waals surface area contributed by atoms with Crippen molar-refractivity contribution in [3.8, 4) is 0 Å². The summed E-state index contributed by atoms with van der Waals surface area (Å²) in [6.45, 7) is 3.17. The third-order valence-electron chi connectivity index (χ3n) is 2.85. The molecule has 0 saturated heterocycles. The lowest BCUT2D eigenvalue weighted by Crippen LogP contribution is -2.27. The van der Waals surface area contributed by atoms with Crippen LogP contribution < -0.4 is 5.32 Å². The predicted molar refractivity (Wildman–Crippen MR) is 78.6 cm³/mol. The maximum absolute atomic E-state index is 11.7. The minimum absolute atomic E-state index is 0.0397. The number of hydrogen-bond acceptors (Lipinski definition) is 2. The molecule has 0 bridgehead atoms. The van der Waals surface area contributed by atoms with E-state index in [0.29, 0.717) is 19.6 Å². The standard InChI is InChI=1S/C15H22ClNO2/c1-12-4-3-5-13(10-12)6-7-15(18)17-9-8-14(16)11-19-2/h3-5,10,14H,6-9,11H2,1-2H3,(H,17,18). The Hall–Kier alpha value is -1.06. The molecule has 0 saturated carbocycles. The fourth-order valence-corrected chi connectivity index (χ4v) is 2.08. The van der Waals surface area contributed by atoms with E-state index in [1.807, 2.05) is 12.1 Å². The van der Waals surface area contributed by atoms with Crippen LogP contribution in [0.5, 0.6) is 0 Å². The zero-order valence-corrected chi connectivity index (χ0v) is 12.4. The number of aryl methyl sites for hydroxylation is 2. The van der Waals surface area contributed by atoms with E-state index in [1.165, 1.54) is 11.1 Å². The van der Waals surface area contributed by atoms with Crippen molar-refractivity contribution in [2.45, 2.75) is 31.6 Å². The highest BCUT2D eigenvalue weighted by molar-refractivity contribution is 6.20. The summed E-state index contributed by atoms with van der Waals surface area (Å²) in [5.74, 6) is 0.0720. The number of ether oxygens (including phenoxy) is 1. The number of carbonyl (C=O) groups is 1. The van der Waals surface area contributed by atoms with Crippen LogP contribution in [0.4, 0.5) is 0 Å². The molecule has 0 radical (unpaired) electrons. The first-order valence-corrected chi connectivity index (χ1v) is 7.00. The van der Waals surface area contributed by atoms with Gasteiger partial charge in [-0.1, -0.05) is 29.8 Å². The quantitative estimate of drug-likeness (QED) is 0.745. The van der Waals surface area contributed by atoms with Crippen LogP contribution in [0.3, 0.4) is 0 Å². The summed E-state index contributed by atoms with van der Waals surface area (Å²) in [7, 11) is 1.62. The van der Waals surface area contributed by atoms with E-state index in [-0.39, 0.29) is 11.3 Å². The van der Waals surface area contributed by atoms with Gasteiger partial charge >= 0.3 is 0 Å². The molecule has 106 valence electrons. The molecule has 1 amide bonds. The fourth-order valence-electron chi connectivity index (χ4n) is 1.85. The molecule has 1 aromatic rings. The van der Waals surface area contributed by atoms with Gasteiger partial charge in [0.05, 0.1) is 12.0 Å². The van der Waals surface area contributed by atoms with E-state index in [0.717, 1.165) is 12.8 Å². The van der Waals surface area contributed by atoms with Crippen LogP contribution in [0.2, 0.25) is 0 Å². The second-order valence-corrected chi connectivity index (χ2v) is 5.30. The second-order valence-electron chi connectivity index (χ2n) is 4.68. The zero-order chi connectivity index (χ0) is 14.1. The Morgan fingerprint density at radius 1 is 1.47 bits per heavy atom. The van der Waals surface area contributed by atoms with Gasteiger partial charge in [-0.05, 0) is 25.3 Å². The number of hydrogen-bond donors (Lipinski definition) is 1. The van der Waals surface area contributed by atoms with Crippen LogP contribution in [-0.4, -0.2) is 31.5 Å². The van der Waals surface area contributed by atoms with E-state index in [1.54, 1.807) is 7.11 Å². The molecule has 1 unspecified atom stereocenters. The number of nitrogens with one attached hydrogen (secondary N) is 1. The first-order valence-electron chi connectivity index (χ1n) is 6.57. The molecule has 19 heavy (non-hydrogen) atoms. The van der Waals surface area contributed by atoms with Crippen LogP contribution in [-0.2, 0) is 16.0 Å². The third kappa shape index (κ3) is 7.19. The lowest BCUT2D eigenvalue weighted by molar-refractivity contribution is -0.121. The van der Waals surface area contributed by atoms with Gasteiger partial charge in [-0.2, -0.15) is 0 Å². The summed E-state index contributed by atoms with van der Waals surface area (Å²) in [6.07, 6.45) is 2.02. The van der Waals surface area contributed by atoms with Gasteiger partial charge in [0.1, 0.15) is 0 Å². The minimum atomic E-state index is -0.0397. The Morgan fingerprint density at radius 3 is 2.95 bits per heavy atom. The molecule has 0 aliphatic heterocycles. The van der Waals surface area contributed by atoms with Crippen molar-refractivity contribution in [2.24, 2.45) is 0 Å². The van der Waals surface area contributed by atoms with Crippen molar-refractivity contribution in [1.82, 2.24) is 5.32 Å². The number of benzene rings is 1. The summed E-state index contributed by atoms with van der Waals surface area (Å²) >= 11 is 5.98. The van der Waals surface area contributed by atoms with Gasteiger partial charge in [0.2, 0.25) is 5.91 Å². The van der Waals surface area contributed by atoms with Crippen molar-refractivity contribution in [3.63, 3.8) is 0 Å². The van der Waals surface area contributed by atoms with Crippen LogP contribution >= 0.6 is 11.6 Å². The van der Waals surface area contributed by atoms with Gasteiger partial charge in [0, 0.05) is 20.1 Å². The van der Waals surface area contributed by atoms with Crippen LogP contribution in [0.1, 0.15) is 24.0 Å². The molecule has 3 nitrogen and oxygen atoms in total. The summed E-state index contributed by atoms with van der Waals surface area (Å²) in [5, 5.41) is 2.84. The minimum Gasteiger partial charge on any atom is -0.383 e. The molecule has 0 aromatic heterocycles. The van der Waals surface area contributed by atoms with Gasteiger partial charge in [-0.15, -0.1) is 11.6 Å². The first kappa shape index (κ1) is 16.0.